The molecule has 0 aromatic heterocycles. The summed E-state index contributed by atoms with van der Waals surface area (Å²) in [6, 6.07) is 8.64. The molecule has 0 radical (unpaired) electrons. The van der Waals surface area contributed by atoms with E-state index in [4.69, 9.17) is 23.2 Å². The van der Waals surface area contributed by atoms with Gasteiger partial charge in [-0.15, -0.1) is 0 Å². The molecule has 5 nitrogen and oxygen atoms in total. The molecule has 1 aliphatic heterocycles. The molecule has 2 aromatic carbocycles. The van der Waals surface area contributed by atoms with Gasteiger partial charge in [0.2, 0.25) is 5.91 Å². The Hall–Kier alpha value is -2.31. The van der Waals surface area contributed by atoms with E-state index in [1.165, 1.54) is 12.1 Å². The number of hydrogen-bond donors (Lipinski definition) is 3. The maximum atomic E-state index is 13.6. The summed E-state index contributed by atoms with van der Waals surface area (Å²) in [5.41, 5.74) is 2.79. The zero-order valence-electron chi connectivity index (χ0n) is 14.1. The molecule has 3 amide bonds. The molecule has 8 heteroatoms. The summed E-state index contributed by atoms with van der Waals surface area (Å²) in [4.78, 5) is 24.0. The Bertz CT molecular complexity index is 937. The van der Waals surface area contributed by atoms with E-state index in [9.17, 15) is 14.0 Å². The lowest BCUT2D eigenvalue weighted by Gasteiger charge is -2.38. The molecular weight excluding hydrogens is 392 g/mol. The first-order chi connectivity index (χ1) is 12.9. The summed E-state index contributed by atoms with van der Waals surface area (Å²) in [7, 11) is 0. The fourth-order valence-electron chi connectivity index (χ4n) is 3.62. The molecule has 0 saturated carbocycles. The van der Waals surface area contributed by atoms with Gasteiger partial charge in [0.15, 0.2) is 0 Å². The van der Waals surface area contributed by atoms with Gasteiger partial charge in [0.1, 0.15) is 11.9 Å². The van der Waals surface area contributed by atoms with Crippen LogP contribution in [-0.4, -0.2) is 24.5 Å². The fraction of sp³-hybridized carbons (Fsp3) is 0.263. The van der Waals surface area contributed by atoms with Crippen LogP contribution in [0.5, 0.6) is 0 Å². The fourth-order valence-corrected chi connectivity index (χ4v) is 4.07. The summed E-state index contributed by atoms with van der Waals surface area (Å²) in [5, 5.41) is 8.80. The first-order valence-corrected chi connectivity index (χ1v) is 9.26. The van der Waals surface area contributed by atoms with E-state index in [1.54, 1.807) is 6.07 Å². The summed E-state index contributed by atoms with van der Waals surface area (Å²) in [6.45, 7) is 0.217. The molecular formula is C19H16Cl2FN3O2. The van der Waals surface area contributed by atoms with Crippen molar-refractivity contribution in [3.05, 3.63) is 69.0 Å². The predicted octanol–water partition coefficient (Wildman–Crippen LogP) is 3.31. The molecule has 140 valence electrons. The maximum absolute atomic E-state index is 13.6. The van der Waals surface area contributed by atoms with Crippen LogP contribution in [0.4, 0.5) is 9.18 Å². The van der Waals surface area contributed by atoms with E-state index in [1.807, 2.05) is 18.2 Å². The zero-order valence-corrected chi connectivity index (χ0v) is 15.6. The second-order valence-electron chi connectivity index (χ2n) is 6.68. The lowest BCUT2D eigenvalue weighted by Crippen LogP contribution is -2.46. The van der Waals surface area contributed by atoms with Crippen molar-refractivity contribution in [2.45, 2.75) is 24.4 Å². The standard InChI is InChI=1S/C19H16Cl2FN3O2/c20-13-3-1-2-10-11(13)7-12(10)17(9-4-5-15(22)14(21)6-9)25-18(26)16-8-23-19(27)24-16/h1-6,12,16-17H,7-8H2,(H,25,26)(H2,23,24,27)/t12-,16-,17+/m0/s1. The minimum atomic E-state index is -0.658. The minimum Gasteiger partial charge on any atom is -0.347 e. The third-order valence-corrected chi connectivity index (χ3v) is 5.71. The number of amides is 3. The first-order valence-electron chi connectivity index (χ1n) is 8.51. The van der Waals surface area contributed by atoms with Gasteiger partial charge in [-0.1, -0.05) is 41.4 Å². The van der Waals surface area contributed by atoms with Gasteiger partial charge in [-0.05, 0) is 41.3 Å². The van der Waals surface area contributed by atoms with Crippen LogP contribution in [0, 0.1) is 5.82 Å². The van der Waals surface area contributed by atoms with Crippen LogP contribution in [0.3, 0.4) is 0 Å². The van der Waals surface area contributed by atoms with Gasteiger partial charge < -0.3 is 16.0 Å². The van der Waals surface area contributed by atoms with E-state index >= 15 is 0 Å². The Morgan fingerprint density at radius 2 is 2.04 bits per heavy atom. The van der Waals surface area contributed by atoms with E-state index in [0.29, 0.717) is 17.0 Å². The van der Waals surface area contributed by atoms with Gasteiger partial charge in [-0.3, -0.25) is 4.79 Å². The van der Waals surface area contributed by atoms with Crippen LogP contribution in [0.1, 0.15) is 28.7 Å². The average molecular weight is 408 g/mol. The van der Waals surface area contributed by atoms with Gasteiger partial charge in [0.25, 0.3) is 0 Å². The molecule has 0 spiro atoms. The zero-order chi connectivity index (χ0) is 19.1. The van der Waals surface area contributed by atoms with Gasteiger partial charge in [-0.2, -0.15) is 0 Å². The van der Waals surface area contributed by atoms with Crippen molar-refractivity contribution in [1.82, 2.24) is 16.0 Å². The molecule has 2 aromatic rings. The smallest absolute Gasteiger partial charge is 0.315 e. The van der Waals surface area contributed by atoms with Crippen molar-refractivity contribution in [3.63, 3.8) is 0 Å². The molecule has 1 heterocycles. The van der Waals surface area contributed by atoms with Gasteiger partial charge >= 0.3 is 6.03 Å². The van der Waals surface area contributed by atoms with Crippen molar-refractivity contribution in [2.75, 3.05) is 6.54 Å². The summed E-state index contributed by atoms with van der Waals surface area (Å²) < 4.78 is 13.6. The largest absolute Gasteiger partial charge is 0.347 e. The monoisotopic (exact) mass is 407 g/mol. The van der Waals surface area contributed by atoms with E-state index < -0.39 is 17.9 Å². The van der Waals surface area contributed by atoms with E-state index in [0.717, 1.165) is 11.1 Å². The Labute approximate surface area is 165 Å². The second kappa shape index (κ2) is 7.02. The van der Waals surface area contributed by atoms with Gasteiger partial charge in [0, 0.05) is 17.5 Å². The number of rotatable bonds is 4. The quantitative estimate of drug-likeness (QED) is 0.727. The normalized spacial score (nSPS) is 21.5. The third-order valence-electron chi connectivity index (χ3n) is 5.07. The molecule has 4 rings (SSSR count). The van der Waals surface area contributed by atoms with Gasteiger partial charge in [0.05, 0.1) is 11.1 Å². The number of benzene rings is 2. The van der Waals surface area contributed by atoms with Crippen molar-refractivity contribution >= 4 is 35.1 Å². The Balaban J connectivity index is 1.64. The van der Waals surface area contributed by atoms with Crippen molar-refractivity contribution in [2.24, 2.45) is 0 Å². The molecule has 1 fully saturated rings. The van der Waals surface area contributed by atoms with Crippen LogP contribution < -0.4 is 16.0 Å². The number of urea groups is 1. The summed E-state index contributed by atoms with van der Waals surface area (Å²) in [5.74, 6) is -0.849. The lowest BCUT2D eigenvalue weighted by atomic mass is 9.71. The number of hydrogen-bond acceptors (Lipinski definition) is 2. The number of fused-ring (bicyclic) bond motifs is 1. The molecule has 1 aliphatic carbocycles. The van der Waals surface area contributed by atoms with Gasteiger partial charge in [-0.25, -0.2) is 9.18 Å². The van der Waals surface area contributed by atoms with Crippen LogP contribution in [0.25, 0.3) is 0 Å². The number of carbonyl (C=O) groups is 2. The van der Waals surface area contributed by atoms with Crippen molar-refractivity contribution in [3.8, 4) is 0 Å². The molecule has 27 heavy (non-hydrogen) atoms. The second-order valence-corrected chi connectivity index (χ2v) is 7.50. The highest BCUT2D eigenvalue weighted by molar-refractivity contribution is 6.31. The minimum absolute atomic E-state index is 0.00627. The molecule has 1 saturated heterocycles. The van der Waals surface area contributed by atoms with E-state index in [2.05, 4.69) is 16.0 Å². The Kier molecular flexibility index (Phi) is 4.70. The van der Waals surface area contributed by atoms with Crippen LogP contribution in [0.2, 0.25) is 10.0 Å². The highest BCUT2D eigenvalue weighted by Crippen LogP contribution is 2.46. The molecule has 0 unspecified atom stereocenters. The molecule has 2 aliphatic rings. The van der Waals surface area contributed by atoms with Crippen LogP contribution in [0.15, 0.2) is 36.4 Å². The van der Waals surface area contributed by atoms with E-state index in [-0.39, 0.29) is 29.4 Å². The maximum Gasteiger partial charge on any atom is 0.315 e. The van der Waals surface area contributed by atoms with Crippen LogP contribution in [-0.2, 0) is 11.2 Å². The number of carbonyl (C=O) groups excluding carboxylic acids is 2. The van der Waals surface area contributed by atoms with Crippen molar-refractivity contribution in [1.29, 1.82) is 0 Å². The SMILES string of the molecule is O=C1NC[C@@H](C(=O)N[C@H](c2ccc(F)c(Cl)c2)[C@H]2Cc3c(Cl)cccc32)N1. The number of nitrogens with one attached hydrogen (secondary N) is 3. The highest BCUT2D eigenvalue weighted by atomic mass is 35.5. The Morgan fingerprint density at radius 3 is 2.74 bits per heavy atom. The molecule has 3 N–H and O–H groups in total. The summed E-state index contributed by atoms with van der Waals surface area (Å²) in [6.07, 6.45) is 0.685. The predicted molar refractivity (Wildman–Crippen MR) is 101 cm³/mol. The summed E-state index contributed by atoms with van der Waals surface area (Å²) >= 11 is 12.2. The van der Waals surface area contributed by atoms with Crippen LogP contribution >= 0.6 is 23.2 Å². The third kappa shape index (κ3) is 3.35. The van der Waals surface area contributed by atoms with Crippen molar-refractivity contribution < 1.29 is 14.0 Å². The number of halogens is 3. The topological polar surface area (TPSA) is 70.2 Å². The highest BCUT2D eigenvalue weighted by Gasteiger charge is 2.38. The molecule has 3 atom stereocenters. The lowest BCUT2D eigenvalue weighted by molar-refractivity contribution is -0.123. The Morgan fingerprint density at radius 1 is 1.22 bits per heavy atom. The first kappa shape index (κ1) is 18.1. The average Bonchev–Trinajstić information content (AvgIpc) is 3.05. The molecule has 0 bridgehead atoms.